The van der Waals surface area contributed by atoms with Gasteiger partial charge in [0.15, 0.2) is 0 Å². The smallest absolute Gasteiger partial charge is 0.210 e. The number of hydrogen-bond acceptors (Lipinski definition) is 1. The summed E-state index contributed by atoms with van der Waals surface area (Å²) in [6, 6.07) is 1.29. The van der Waals surface area contributed by atoms with E-state index in [9.17, 15) is 0 Å². The molecule has 0 aromatic heterocycles. The Balaban J connectivity index is 4.44. The minimum absolute atomic E-state index is 0.411. The molecule has 2 heteroatoms. The Morgan fingerprint density at radius 2 is 1.21 bits per heavy atom. The third kappa shape index (κ3) is 4.04. The van der Waals surface area contributed by atoms with Gasteiger partial charge >= 0.3 is 0 Å². The molecule has 0 amide bonds. The molecule has 0 aromatic rings. The third-order valence-corrected chi connectivity index (χ3v) is 3.48. The van der Waals surface area contributed by atoms with E-state index < -0.39 is 0 Å². The third-order valence-electron chi connectivity index (χ3n) is 3.48. The molecule has 84 valence electrons. The van der Waals surface area contributed by atoms with Crippen LogP contribution in [-0.2, 0) is 0 Å². The zero-order chi connectivity index (χ0) is 11.5. The molecule has 0 saturated carbocycles. The van der Waals surface area contributed by atoms with Crippen molar-refractivity contribution < 1.29 is 0 Å². The first kappa shape index (κ1) is 14.0. The lowest BCUT2D eigenvalue weighted by Gasteiger charge is -2.39. The summed E-state index contributed by atoms with van der Waals surface area (Å²) in [5.41, 5.74) is 0. The Morgan fingerprint density at radius 1 is 0.857 bits per heavy atom. The second kappa shape index (κ2) is 5.20. The maximum absolute atomic E-state index is 2.58. The molecule has 14 heavy (non-hydrogen) atoms. The largest absolute Gasteiger partial charge is 0.340 e. The highest BCUT2D eigenvalue weighted by Gasteiger charge is 2.29. The predicted molar refractivity (Wildman–Crippen MR) is 68.1 cm³/mol. The van der Waals surface area contributed by atoms with E-state index in [1.54, 1.807) is 0 Å². The van der Waals surface area contributed by atoms with Crippen LogP contribution >= 0.6 is 0 Å². The Morgan fingerprint density at radius 3 is 1.43 bits per heavy atom. The molecule has 0 atom stereocenters. The molecule has 0 aliphatic heterocycles. The molecule has 0 spiro atoms. The van der Waals surface area contributed by atoms with E-state index in [1.165, 1.54) is 7.41 Å². The summed E-state index contributed by atoms with van der Waals surface area (Å²) in [7, 11) is 1.19. The summed E-state index contributed by atoms with van der Waals surface area (Å²) in [5, 5.41) is 0.411. The van der Waals surface area contributed by atoms with Crippen LogP contribution in [0.5, 0.6) is 0 Å². The summed E-state index contributed by atoms with van der Waals surface area (Å²) in [5.74, 6) is 0.738. The minimum atomic E-state index is 0.411. The highest BCUT2D eigenvalue weighted by Crippen LogP contribution is 2.34. The summed E-state index contributed by atoms with van der Waals surface area (Å²) in [6.07, 6.45) is 0. The SMILES string of the molecule is CC(C)N(BC(C)(C)C(C)C)C(C)C. The van der Waals surface area contributed by atoms with E-state index in [-0.39, 0.29) is 0 Å². The van der Waals surface area contributed by atoms with Crippen molar-refractivity contribution in [2.24, 2.45) is 5.92 Å². The molecule has 0 rings (SSSR count). The van der Waals surface area contributed by atoms with Gasteiger partial charge in [0.25, 0.3) is 0 Å². The van der Waals surface area contributed by atoms with Crippen molar-refractivity contribution >= 4 is 7.41 Å². The van der Waals surface area contributed by atoms with Gasteiger partial charge in [-0.15, -0.1) is 0 Å². The molecule has 0 aliphatic rings. The van der Waals surface area contributed by atoms with Crippen LogP contribution in [0.4, 0.5) is 0 Å². The summed E-state index contributed by atoms with van der Waals surface area (Å²) in [6.45, 7) is 18.5. The molecular formula is C12H28BN. The Labute approximate surface area is 91.5 Å². The standard InChI is InChI=1S/C12H28BN/c1-9(2)12(7,8)13-14(10(3)4)11(5)6/h9-11,13H,1-8H3. The van der Waals surface area contributed by atoms with Crippen LogP contribution in [0.2, 0.25) is 5.31 Å². The molecule has 0 N–H and O–H groups in total. The number of hydrogen-bond donors (Lipinski definition) is 0. The Kier molecular flexibility index (Phi) is 5.21. The highest BCUT2D eigenvalue weighted by molar-refractivity contribution is 6.36. The molecular weight excluding hydrogens is 169 g/mol. The van der Waals surface area contributed by atoms with Gasteiger partial charge in [-0.2, -0.15) is 0 Å². The van der Waals surface area contributed by atoms with Crippen molar-refractivity contribution in [3.05, 3.63) is 0 Å². The van der Waals surface area contributed by atoms with Gasteiger partial charge in [-0.3, -0.25) is 0 Å². The van der Waals surface area contributed by atoms with E-state index in [0.29, 0.717) is 17.4 Å². The van der Waals surface area contributed by atoms with E-state index in [2.05, 4.69) is 60.2 Å². The fourth-order valence-corrected chi connectivity index (χ4v) is 1.61. The predicted octanol–water partition coefficient (Wildman–Crippen LogP) is 3.31. The van der Waals surface area contributed by atoms with Gasteiger partial charge in [-0.25, -0.2) is 0 Å². The molecule has 0 aromatic carbocycles. The monoisotopic (exact) mass is 197 g/mol. The van der Waals surface area contributed by atoms with Gasteiger partial charge in [0.1, 0.15) is 0 Å². The van der Waals surface area contributed by atoms with Gasteiger partial charge in [-0.1, -0.05) is 55.4 Å². The lowest BCUT2D eigenvalue weighted by atomic mass is 9.55. The average Bonchev–Trinajstić information content (AvgIpc) is 1.98. The maximum atomic E-state index is 2.58. The maximum Gasteiger partial charge on any atom is 0.210 e. The van der Waals surface area contributed by atoms with Crippen LogP contribution in [0.15, 0.2) is 0 Å². The van der Waals surface area contributed by atoms with E-state index in [1.807, 2.05) is 0 Å². The number of nitrogens with zero attached hydrogens (tertiary/aromatic N) is 1. The Hall–Kier alpha value is 0.0249. The van der Waals surface area contributed by atoms with E-state index in [4.69, 9.17) is 0 Å². The van der Waals surface area contributed by atoms with Crippen molar-refractivity contribution in [1.29, 1.82) is 0 Å². The lowest BCUT2D eigenvalue weighted by Crippen LogP contribution is -2.45. The van der Waals surface area contributed by atoms with Gasteiger partial charge in [-0.05, 0) is 23.3 Å². The van der Waals surface area contributed by atoms with Gasteiger partial charge in [0.2, 0.25) is 7.41 Å². The number of rotatable bonds is 5. The quantitative estimate of drug-likeness (QED) is 0.611. The first-order valence-electron chi connectivity index (χ1n) is 5.94. The first-order valence-corrected chi connectivity index (χ1v) is 5.94. The molecule has 0 unspecified atom stereocenters. The summed E-state index contributed by atoms with van der Waals surface area (Å²) >= 11 is 0. The lowest BCUT2D eigenvalue weighted by molar-refractivity contribution is 0.291. The first-order chi connectivity index (χ1) is 6.18. The van der Waals surface area contributed by atoms with Crippen LogP contribution in [0.1, 0.15) is 55.4 Å². The van der Waals surface area contributed by atoms with Crippen molar-refractivity contribution in [1.82, 2.24) is 4.81 Å². The molecule has 1 nitrogen and oxygen atoms in total. The molecule has 0 aliphatic carbocycles. The fourth-order valence-electron chi connectivity index (χ4n) is 1.61. The van der Waals surface area contributed by atoms with Crippen molar-refractivity contribution in [2.75, 3.05) is 0 Å². The summed E-state index contributed by atoms with van der Waals surface area (Å²) in [4.78, 5) is 2.58. The van der Waals surface area contributed by atoms with Crippen LogP contribution < -0.4 is 0 Å². The second-order valence-corrected chi connectivity index (χ2v) is 6.00. The van der Waals surface area contributed by atoms with Crippen molar-refractivity contribution in [2.45, 2.75) is 72.8 Å². The van der Waals surface area contributed by atoms with Gasteiger partial charge in [0, 0.05) is 0 Å². The van der Waals surface area contributed by atoms with Gasteiger partial charge in [0.05, 0.1) is 0 Å². The van der Waals surface area contributed by atoms with Crippen LogP contribution in [-0.4, -0.2) is 24.3 Å². The average molecular weight is 197 g/mol. The van der Waals surface area contributed by atoms with Crippen molar-refractivity contribution in [3.8, 4) is 0 Å². The van der Waals surface area contributed by atoms with Crippen LogP contribution in [0.3, 0.4) is 0 Å². The zero-order valence-electron chi connectivity index (χ0n) is 11.4. The van der Waals surface area contributed by atoms with Crippen molar-refractivity contribution in [3.63, 3.8) is 0 Å². The molecule has 0 heterocycles. The second-order valence-electron chi connectivity index (χ2n) is 6.00. The molecule has 0 bridgehead atoms. The minimum Gasteiger partial charge on any atom is -0.340 e. The molecule has 0 fully saturated rings. The van der Waals surface area contributed by atoms with E-state index >= 15 is 0 Å². The highest BCUT2D eigenvalue weighted by atomic mass is 15.1. The Bertz CT molecular complexity index is 154. The topological polar surface area (TPSA) is 3.24 Å². The van der Waals surface area contributed by atoms with Gasteiger partial charge < -0.3 is 4.81 Å². The summed E-state index contributed by atoms with van der Waals surface area (Å²) < 4.78 is 0. The normalized spacial score (nSPS) is 13.4. The molecule has 0 radical (unpaired) electrons. The zero-order valence-corrected chi connectivity index (χ0v) is 11.4. The van der Waals surface area contributed by atoms with Crippen LogP contribution in [0.25, 0.3) is 0 Å². The van der Waals surface area contributed by atoms with E-state index in [0.717, 1.165) is 5.92 Å². The fraction of sp³-hybridized carbons (Fsp3) is 1.00. The molecule has 0 saturated heterocycles. The van der Waals surface area contributed by atoms with Crippen LogP contribution in [0, 0.1) is 5.92 Å².